The lowest BCUT2D eigenvalue weighted by molar-refractivity contribution is 0.505. The van der Waals surface area contributed by atoms with Gasteiger partial charge in [0.1, 0.15) is 0 Å². The molecule has 0 spiro atoms. The van der Waals surface area contributed by atoms with E-state index in [4.69, 9.17) is 0 Å². The van der Waals surface area contributed by atoms with Crippen molar-refractivity contribution >= 4 is 0 Å². The summed E-state index contributed by atoms with van der Waals surface area (Å²) < 4.78 is 27.1. The minimum Gasteiger partial charge on any atom is -0.252 e. The molecular weight excluding hydrogens is 200 g/mol. The lowest BCUT2D eigenvalue weighted by atomic mass is 10.1. The highest BCUT2D eigenvalue weighted by atomic mass is 19.2. The molecule has 2 rings (SSSR count). The van der Waals surface area contributed by atoms with Gasteiger partial charge in [-0.2, -0.15) is 0 Å². The molecule has 0 saturated heterocycles. The summed E-state index contributed by atoms with van der Waals surface area (Å²) in [6.45, 7) is 0.602. The summed E-state index contributed by atoms with van der Waals surface area (Å²) in [6, 6.07) is 3.90. The maximum absolute atomic E-state index is 12.8. The predicted octanol–water partition coefficient (Wildman–Crippen LogP) is 1.80. The maximum Gasteiger partial charge on any atom is 0.159 e. The van der Waals surface area contributed by atoms with Crippen LogP contribution in [0, 0.1) is 11.6 Å². The Labute approximate surface area is 85.3 Å². The minimum absolute atomic E-state index is 0.598. The Morgan fingerprint density at radius 1 is 1.20 bits per heavy atom. The van der Waals surface area contributed by atoms with E-state index in [0.717, 1.165) is 11.6 Å². The average molecular weight is 209 g/mol. The molecule has 15 heavy (non-hydrogen) atoms. The van der Waals surface area contributed by atoms with E-state index in [2.05, 4.69) is 10.3 Å². The Hall–Kier alpha value is -1.78. The van der Waals surface area contributed by atoms with Crippen LogP contribution >= 0.6 is 0 Å². The van der Waals surface area contributed by atoms with E-state index in [9.17, 15) is 8.78 Å². The first-order valence-electron chi connectivity index (χ1n) is 4.54. The van der Waals surface area contributed by atoms with Crippen LogP contribution in [0.25, 0.3) is 0 Å². The molecule has 3 nitrogen and oxygen atoms in total. The number of hydrogen-bond acceptors (Lipinski definition) is 2. The van der Waals surface area contributed by atoms with Crippen molar-refractivity contribution in [3.8, 4) is 0 Å². The second-order valence-corrected chi connectivity index (χ2v) is 3.16. The van der Waals surface area contributed by atoms with E-state index in [1.807, 2.05) is 0 Å². The smallest absolute Gasteiger partial charge is 0.159 e. The van der Waals surface area contributed by atoms with Gasteiger partial charge in [-0.05, 0) is 24.1 Å². The minimum atomic E-state index is -0.820. The fourth-order valence-electron chi connectivity index (χ4n) is 1.29. The first kappa shape index (κ1) is 9.76. The van der Waals surface area contributed by atoms with Crippen LogP contribution in [0.4, 0.5) is 8.78 Å². The van der Waals surface area contributed by atoms with Crippen LogP contribution in [-0.4, -0.2) is 15.0 Å². The van der Waals surface area contributed by atoms with Gasteiger partial charge in [0.15, 0.2) is 11.6 Å². The molecular formula is C10H9F2N3. The molecule has 0 atom stereocenters. The zero-order valence-electron chi connectivity index (χ0n) is 7.90. The van der Waals surface area contributed by atoms with Gasteiger partial charge in [-0.15, -0.1) is 5.10 Å². The third kappa shape index (κ3) is 2.37. The second-order valence-electron chi connectivity index (χ2n) is 3.16. The molecule has 0 aliphatic heterocycles. The highest BCUT2D eigenvalue weighted by Crippen LogP contribution is 2.09. The summed E-state index contributed by atoms with van der Waals surface area (Å²) in [4.78, 5) is 0. The van der Waals surface area contributed by atoms with E-state index >= 15 is 0 Å². The number of rotatable bonds is 3. The van der Waals surface area contributed by atoms with E-state index in [1.54, 1.807) is 23.1 Å². The van der Waals surface area contributed by atoms with Crippen molar-refractivity contribution < 1.29 is 8.78 Å². The number of benzene rings is 1. The van der Waals surface area contributed by atoms with Crippen molar-refractivity contribution in [3.63, 3.8) is 0 Å². The molecule has 2 aromatic rings. The summed E-state index contributed by atoms with van der Waals surface area (Å²) in [5.74, 6) is -1.63. The number of nitrogens with zero attached hydrogens (tertiary/aromatic N) is 3. The van der Waals surface area contributed by atoms with Gasteiger partial charge in [-0.3, -0.25) is 4.68 Å². The fraction of sp³-hybridized carbons (Fsp3) is 0.200. The SMILES string of the molecule is Fc1ccc(CCn2ccnn2)cc1F. The van der Waals surface area contributed by atoms with E-state index in [1.165, 1.54) is 6.07 Å². The van der Waals surface area contributed by atoms with Crippen molar-refractivity contribution in [3.05, 3.63) is 47.8 Å². The Balaban J connectivity index is 2.02. The fourth-order valence-corrected chi connectivity index (χ4v) is 1.29. The van der Waals surface area contributed by atoms with Gasteiger partial charge in [0.2, 0.25) is 0 Å². The van der Waals surface area contributed by atoms with Gasteiger partial charge >= 0.3 is 0 Å². The first-order chi connectivity index (χ1) is 7.25. The van der Waals surface area contributed by atoms with Gasteiger partial charge in [-0.25, -0.2) is 8.78 Å². The number of halogens is 2. The van der Waals surface area contributed by atoms with Gasteiger partial charge in [0, 0.05) is 12.7 Å². The quantitative estimate of drug-likeness (QED) is 0.771. The highest BCUT2D eigenvalue weighted by molar-refractivity contribution is 5.17. The molecule has 0 saturated carbocycles. The highest BCUT2D eigenvalue weighted by Gasteiger charge is 2.02. The van der Waals surface area contributed by atoms with Crippen LogP contribution in [0.1, 0.15) is 5.56 Å². The van der Waals surface area contributed by atoms with Crippen molar-refractivity contribution in [1.29, 1.82) is 0 Å². The van der Waals surface area contributed by atoms with Crippen LogP contribution in [0.2, 0.25) is 0 Å². The molecule has 0 bridgehead atoms. The van der Waals surface area contributed by atoms with Crippen molar-refractivity contribution in [2.24, 2.45) is 0 Å². The zero-order valence-corrected chi connectivity index (χ0v) is 7.90. The Morgan fingerprint density at radius 3 is 2.73 bits per heavy atom. The average Bonchev–Trinajstić information content (AvgIpc) is 2.73. The second kappa shape index (κ2) is 4.16. The Bertz CT molecular complexity index is 440. The van der Waals surface area contributed by atoms with Crippen LogP contribution < -0.4 is 0 Å². The predicted molar refractivity (Wildman–Crippen MR) is 50.1 cm³/mol. The standard InChI is InChI=1S/C10H9F2N3/c11-9-2-1-8(7-10(9)12)3-5-15-6-4-13-14-15/h1-2,4,6-7H,3,5H2. The molecule has 5 heteroatoms. The molecule has 0 radical (unpaired) electrons. The molecule has 0 aliphatic rings. The molecule has 0 N–H and O–H groups in total. The lowest BCUT2D eigenvalue weighted by Crippen LogP contribution is -2.02. The lowest BCUT2D eigenvalue weighted by Gasteiger charge is -2.01. The number of aryl methyl sites for hydroxylation is 2. The van der Waals surface area contributed by atoms with Crippen LogP contribution in [0.5, 0.6) is 0 Å². The molecule has 78 valence electrons. The topological polar surface area (TPSA) is 30.7 Å². The van der Waals surface area contributed by atoms with Gasteiger partial charge < -0.3 is 0 Å². The monoisotopic (exact) mass is 209 g/mol. The third-order valence-corrected chi connectivity index (χ3v) is 2.09. The Morgan fingerprint density at radius 2 is 2.07 bits per heavy atom. The van der Waals surface area contributed by atoms with Crippen molar-refractivity contribution in [1.82, 2.24) is 15.0 Å². The molecule has 0 aliphatic carbocycles. The molecule has 1 heterocycles. The Kier molecular flexibility index (Phi) is 2.71. The van der Waals surface area contributed by atoms with Crippen molar-refractivity contribution in [2.75, 3.05) is 0 Å². The molecule has 0 unspecified atom stereocenters. The summed E-state index contributed by atoms with van der Waals surface area (Å²) in [7, 11) is 0. The zero-order chi connectivity index (χ0) is 10.7. The van der Waals surface area contributed by atoms with Gasteiger partial charge in [0.05, 0.1) is 6.20 Å². The summed E-state index contributed by atoms with van der Waals surface area (Å²) >= 11 is 0. The molecule has 0 fully saturated rings. The summed E-state index contributed by atoms with van der Waals surface area (Å²) in [5.41, 5.74) is 0.740. The molecule has 0 amide bonds. The number of aromatic nitrogens is 3. The van der Waals surface area contributed by atoms with Gasteiger partial charge in [-0.1, -0.05) is 11.3 Å². The summed E-state index contributed by atoms with van der Waals surface area (Å²) in [5, 5.41) is 7.42. The molecule has 1 aromatic heterocycles. The first-order valence-corrected chi connectivity index (χ1v) is 4.54. The van der Waals surface area contributed by atoms with Crippen LogP contribution in [-0.2, 0) is 13.0 Å². The number of hydrogen-bond donors (Lipinski definition) is 0. The maximum atomic E-state index is 12.8. The van der Waals surface area contributed by atoms with Crippen molar-refractivity contribution in [2.45, 2.75) is 13.0 Å². The normalized spacial score (nSPS) is 10.5. The van der Waals surface area contributed by atoms with E-state index < -0.39 is 11.6 Å². The summed E-state index contributed by atoms with van der Waals surface area (Å²) in [6.07, 6.45) is 3.89. The van der Waals surface area contributed by atoms with E-state index in [0.29, 0.717) is 13.0 Å². The molecule has 1 aromatic carbocycles. The van der Waals surface area contributed by atoms with Crippen LogP contribution in [0.15, 0.2) is 30.6 Å². The van der Waals surface area contributed by atoms with Crippen LogP contribution in [0.3, 0.4) is 0 Å². The van der Waals surface area contributed by atoms with E-state index in [-0.39, 0.29) is 0 Å². The largest absolute Gasteiger partial charge is 0.252 e. The third-order valence-electron chi connectivity index (χ3n) is 2.09. The van der Waals surface area contributed by atoms with Gasteiger partial charge in [0.25, 0.3) is 0 Å².